The largest absolute Gasteiger partial charge is 0.401 e. The van der Waals surface area contributed by atoms with Crippen molar-refractivity contribution in [2.24, 2.45) is 5.92 Å². The molecule has 0 aromatic heterocycles. The zero-order valence-corrected chi connectivity index (χ0v) is 11.9. The van der Waals surface area contributed by atoms with E-state index in [0.29, 0.717) is 19.0 Å². The summed E-state index contributed by atoms with van der Waals surface area (Å²) < 4.78 is 36.7. The van der Waals surface area contributed by atoms with Gasteiger partial charge in [0.15, 0.2) is 0 Å². The summed E-state index contributed by atoms with van der Waals surface area (Å²) in [5.41, 5.74) is 0. The summed E-state index contributed by atoms with van der Waals surface area (Å²) in [6, 6.07) is 0. The van der Waals surface area contributed by atoms with Gasteiger partial charge in [-0.1, -0.05) is 0 Å². The molecule has 0 aromatic carbocycles. The number of piperidine rings is 1. The Morgan fingerprint density at radius 1 is 1.05 bits per heavy atom. The molecule has 7 heteroatoms. The summed E-state index contributed by atoms with van der Waals surface area (Å²) in [6.45, 7) is 5.07. The molecule has 1 unspecified atom stereocenters. The number of rotatable bonds is 3. The third-order valence-corrected chi connectivity index (χ3v) is 3.78. The van der Waals surface area contributed by atoms with Gasteiger partial charge in [0.05, 0.1) is 6.54 Å². The fourth-order valence-corrected chi connectivity index (χ4v) is 2.83. The average Bonchev–Trinajstić information content (AvgIpc) is 2.31. The first-order valence-electron chi connectivity index (χ1n) is 6.75. The summed E-state index contributed by atoms with van der Waals surface area (Å²) in [6.07, 6.45) is -1.59. The second-order valence-corrected chi connectivity index (χ2v) is 5.40. The monoisotopic (exact) mass is 301 g/mol. The van der Waals surface area contributed by atoms with Gasteiger partial charge in [-0.05, 0) is 31.8 Å². The molecule has 0 radical (unpaired) electrons. The molecule has 0 aliphatic carbocycles. The maximum absolute atomic E-state index is 12.2. The van der Waals surface area contributed by atoms with Gasteiger partial charge in [0, 0.05) is 32.7 Å². The number of nitrogens with one attached hydrogen (secondary N) is 1. The highest BCUT2D eigenvalue weighted by atomic mass is 35.5. The number of hydrogen-bond donors (Lipinski definition) is 1. The Bertz CT molecular complexity index is 249. The van der Waals surface area contributed by atoms with E-state index in [0.717, 1.165) is 32.7 Å². The topological polar surface area (TPSA) is 18.5 Å². The van der Waals surface area contributed by atoms with E-state index in [4.69, 9.17) is 0 Å². The van der Waals surface area contributed by atoms with Crippen LogP contribution < -0.4 is 5.32 Å². The molecule has 1 atom stereocenters. The van der Waals surface area contributed by atoms with Crippen LogP contribution in [0.25, 0.3) is 0 Å². The van der Waals surface area contributed by atoms with E-state index >= 15 is 0 Å². The van der Waals surface area contributed by atoms with Crippen LogP contribution in [0, 0.1) is 5.92 Å². The first-order chi connectivity index (χ1) is 8.53. The van der Waals surface area contributed by atoms with Gasteiger partial charge in [-0.25, -0.2) is 0 Å². The van der Waals surface area contributed by atoms with Gasteiger partial charge < -0.3 is 10.2 Å². The third-order valence-electron chi connectivity index (χ3n) is 3.78. The zero-order chi connectivity index (χ0) is 13.0. The van der Waals surface area contributed by atoms with Gasteiger partial charge >= 0.3 is 6.18 Å². The molecule has 2 heterocycles. The van der Waals surface area contributed by atoms with E-state index in [-0.39, 0.29) is 12.4 Å². The molecule has 0 amide bonds. The molecule has 3 nitrogen and oxygen atoms in total. The first kappa shape index (κ1) is 17.0. The lowest BCUT2D eigenvalue weighted by atomic mass is 9.99. The minimum absolute atomic E-state index is 0. The van der Waals surface area contributed by atoms with Crippen molar-refractivity contribution in [3.05, 3.63) is 0 Å². The molecule has 1 N–H and O–H groups in total. The molecule has 2 rings (SSSR count). The Hall–Kier alpha value is -0.0400. The normalized spacial score (nSPS) is 27.0. The Morgan fingerprint density at radius 3 is 2.21 bits per heavy atom. The molecule has 0 aromatic rings. The van der Waals surface area contributed by atoms with Crippen molar-refractivity contribution in [3.63, 3.8) is 0 Å². The quantitative estimate of drug-likeness (QED) is 0.854. The molecule has 2 aliphatic heterocycles. The van der Waals surface area contributed by atoms with Crippen LogP contribution in [0.1, 0.15) is 12.8 Å². The van der Waals surface area contributed by atoms with Crippen LogP contribution in [-0.2, 0) is 0 Å². The van der Waals surface area contributed by atoms with E-state index in [1.807, 2.05) is 0 Å². The number of halogens is 4. The van der Waals surface area contributed by atoms with Crippen LogP contribution in [0.4, 0.5) is 13.2 Å². The predicted molar refractivity (Wildman–Crippen MR) is 71.8 cm³/mol. The fourth-order valence-electron chi connectivity index (χ4n) is 2.83. The minimum Gasteiger partial charge on any atom is -0.316 e. The highest BCUT2D eigenvalue weighted by Gasteiger charge is 2.32. The van der Waals surface area contributed by atoms with Gasteiger partial charge in [-0.3, -0.25) is 4.90 Å². The number of alkyl halides is 3. The lowest BCUT2D eigenvalue weighted by Crippen LogP contribution is -2.51. The van der Waals surface area contributed by atoms with Crippen LogP contribution in [0.2, 0.25) is 0 Å². The fraction of sp³-hybridized carbons (Fsp3) is 1.00. The lowest BCUT2D eigenvalue weighted by molar-refractivity contribution is -0.149. The molecule has 0 saturated carbocycles. The number of piperazine rings is 1. The first-order valence-corrected chi connectivity index (χ1v) is 6.75. The maximum atomic E-state index is 12.2. The van der Waals surface area contributed by atoms with Gasteiger partial charge in [0.25, 0.3) is 0 Å². The summed E-state index contributed by atoms with van der Waals surface area (Å²) in [4.78, 5) is 3.82. The van der Waals surface area contributed by atoms with E-state index in [9.17, 15) is 13.2 Å². The van der Waals surface area contributed by atoms with Crippen LogP contribution >= 0.6 is 12.4 Å². The molecule has 0 bridgehead atoms. The van der Waals surface area contributed by atoms with Crippen molar-refractivity contribution in [2.75, 3.05) is 52.4 Å². The van der Waals surface area contributed by atoms with Crippen LogP contribution in [0.15, 0.2) is 0 Å². The van der Waals surface area contributed by atoms with E-state index in [2.05, 4.69) is 10.2 Å². The van der Waals surface area contributed by atoms with E-state index in [1.54, 1.807) is 0 Å². The van der Waals surface area contributed by atoms with Gasteiger partial charge in [-0.2, -0.15) is 13.2 Å². The number of hydrogen-bond acceptors (Lipinski definition) is 3. The lowest BCUT2D eigenvalue weighted by Gasteiger charge is -2.37. The second kappa shape index (κ2) is 7.67. The molecule has 114 valence electrons. The molecule has 2 saturated heterocycles. The van der Waals surface area contributed by atoms with E-state index < -0.39 is 12.7 Å². The predicted octanol–water partition coefficient (Wildman–Crippen LogP) is 1.59. The Morgan fingerprint density at radius 2 is 1.68 bits per heavy atom. The van der Waals surface area contributed by atoms with Crippen molar-refractivity contribution in [3.8, 4) is 0 Å². The highest BCUT2D eigenvalue weighted by Crippen LogP contribution is 2.18. The SMILES string of the molecule is Cl.FC(F)(F)CN1CCN(CC2CCCNC2)CC1. The average molecular weight is 302 g/mol. The summed E-state index contributed by atoms with van der Waals surface area (Å²) in [7, 11) is 0. The van der Waals surface area contributed by atoms with Gasteiger partial charge in [0.2, 0.25) is 0 Å². The van der Waals surface area contributed by atoms with Crippen molar-refractivity contribution >= 4 is 12.4 Å². The Kier molecular flexibility index (Phi) is 6.86. The Labute approximate surface area is 118 Å². The molecule has 2 fully saturated rings. The standard InChI is InChI=1S/C12H22F3N3.ClH/c13-12(14,15)10-18-6-4-17(5-7-18)9-11-2-1-3-16-8-11;/h11,16H,1-10H2;1H. The van der Waals surface area contributed by atoms with E-state index in [1.165, 1.54) is 17.7 Å². The second-order valence-electron chi connectivity index (χ2n) is 5.40. The zero-order valence-electron chi connectivity index (χ0n) is 11.1. The minimum atomic E-state index is -4.06. The van der Waals surface area contributed by atoms with Crippen LogP contribution in [0.3, 0.4) is 0 Å². The summed E-state index contributed by atoms with van der Waals surface area (Å²) in [5.74, 6) is 0.674. The van der Waals surface area contributed by atoms with Crippen LogP contribution in [0.5, 0.6) is 0 Å². The van der Waals surface area contributed by atoms with Crippen molar-refractivity contribution in [1.82, 2.24) is 15.1 Å². The molecule has 0 spiro atoms. The molecular formula is C12H23ClF3N3. The van der Waals surface area contributed by atoms with Gasteiger partial charge in [-0.15, -0.1) is 12.4 Å². The summed E-state index contributed by atoms with van der Waals surface area (Å²) in [5, 5.41) is 3.38. The molecule has 19 heavy (non-hydrogen) atoms. The summed E-state index contributed by atoms with van der Waals surface area (Å²) >= 11 is 0. The molecule has 2 aliphatic rings. The molecular weight excluding hydrogens is 279 g/mol. The maximum Gasteiger partial charge on any atom is 0.401 e. The Balaban J connectivity index is 0.00000180. The third kappa shape index (κ3) is 6.29. The highest BCUT2D eigenvalue weighted by molar-refractivity contribution is 5.85. The van der Waals surface area contributed by atoms with Crippen molar-refractivity contribution < 1.29 is 13.2 Å². The van der Waals surface area contributed by atoms with Crippen molar-refractivity contribution in [1.29, 1.82) is 0 Å². The smallest absolute Gasteiger partial charge is 0.316 e. The van der Waals surface area contributed by atoms with Crippen molar-refractivity contribution in [2.45, 2.75) is 19.0 Å². The van der Waals surface area contributed by atoms with Crippen LogP contribution in [-0.4, -0.2) is 68.3 Å². The number of nitrogens with zero attached hydrogens (tertiary/aromatic N) is 2. The van der Waals surface area contributed by atoms with Gasteiger partial charge in [0.1, 0.15) is 0 Å².